The molecular formula is C24H32N6O2. The molecule has 170 valence electrons. The van der Waals surface area contributed by atoms with Crippen LogP contribution in [-0.4, -0.2) is 55.9 Å². The first-order valence-electron chi connectivity index (χ1n) is 11.8. The van der Waals surface area contributed by atoms with Gasteiger partial charge in [0.15, 0.2) is 5.82 Å². The van der Waals surface area contributed by atoms with Crippen LogP contribution in [0.15, 0.2) is 23.0 Å². The summed E-state index contributed by atoms with van der Waals surface area (Å²) in [6, 6.07) is 5.96. The van der Waals surface area contributed by atoms with Crippen molar-refractivity contribution < 1.29 is 4.74 Å². The Morgan fingerprint density at radius 2 is 2.00 bits per heavy atom. The number of fused-ring (bicyclic) bond motifs is 1. The van der Waals surface area contributed by atoms with Gasteiger partial charge < -0.3 is 9.72 Å². The number of hydrogen-bond acceptors (Lipinski definition) is 6. The van der Waals surface area contributed by atoms with E-state index in [9.17, 15) is 4.79 Å². The van der Waals surface area contributed by atoms with E-state index in [2.05, 4.69) is 58.3 Å². The van der Waals surface area contributed by atoms with Crippen molar-refractivity contribution >= 4 is 10.9 Å². The van der Waals surface area contributed by atoms with Gasteiger partial charge in [0.2, 0.25) is 0 Å². The number of piperidine rings is 1. The Balaban J connectivity index is 1.61. The van der Waals surface area contributed by atoms with Gasteiger partial charge in [-0.05, 0) is 92.2 Å². The molecule has 1 aromatic carbocycles. The molecule has 0 radical (unpaired) electrons. The van der Waals surface area contributed by atoms with Crippen molar-refractivity contribution in [1.29, 1.82) is 0 Å². The first kappa shape index (κ1) is 21.3. The van der Waals surface area contributed by atoms with Crippen LogP contribution >= 0.6 is 0 Å². The van der Waals surface area contributed by atoms with Crippen LogP contribution in [0.2, 0.25) is 0 Å². The Morgan fingerprint density at radius 1 is 1.19 bits per heavy atom. The van der Waals surface area contributed by atoms with Crippen molar-refractivity contribution in [3.8, 4) is 0 Å². The predicted octanol–water partition coefficient (Wildman–Crippen LogP) is 3.13. The number of ether oxygens (including phenoxy) is 1. The van der Waals surface area contributed by atoms with Gasteiger partial charge in [0, 0.05) is 23.1 Å². The number of hydrogen-bond donors (Lipinski definition) is 1. The maximum absolute atomic E-state index is 13.4. The van der Waals surface area contributed by atoms with E-state index in [0.717, 1.165) is 73.2 Å². The number of rotatable bonds is 5. The number of likely N-dealkylation sites (tertiary alicyclic amines) is 1. The Kier molecular flexibility index (Phi) is 5.82. The average Bonchev–Trinajstić information content (AvgIpc) is 3.43. The summed E-state index contributed by atoms with van der Waals surface area (Å²) in [5, 5.41) is 13.8. The molecule has 2 fully saturated rings. The minimum atomic E-state index is -0.284. The Bertz CT molecular complexity index is 1150. The van der Waals surface area contributed by atoms with Crippen molar-refractivity contribution in [3.05, 3.63) is 51.1 Å². The van der Waals surface area contributed by atoms with Crippen LogP contribution in [0.1, 0.15) is 61.2 Å². The first-order valence-corrected chi connectivity index (χ1v) is 11.8. The Hall–Kier alpha value is -2.58. The molecule has 2 saturated heterocycles. The van der Waals surface area contributed by atoms with Crippen molar-refractivity contribution in [1.82, 2.24) is 30.1 Å². The van der Waals surface area contributed by atoms with Gasteiger partial charge in [-0.3, -0.25) is 9.69 Å². The largest absolute Gasteiger partial charge is 0.376 e. The number of pyridine rings is 1. The van der Waals surface area contributed by atoms with Crippen LogP contribution in [0.5, 0.6) is 0 Å². The normalized spacial score (nSPS) is 21.4. The van der Waals surface area contributed by atoms with Crippen LogP contribution in [-0.2, 0) is 11.3 Å². The van der Waals surface area contributed by atoms with Gasteiger partial charge in [-0.1, -0.05) is 13.0 Å². The summed E-state index contributed by atoms with van der Waals surface area (Å²) in [6.45, 7) is 9.69. The van der Waals surface area contributed by atoms with E-state index in [1.54, 1.807) is 0 Å². The SMILES string of the molecule is Cc1cc(C)c2cc(C(c3nnnn3CC3CCCO3)N3CCC(C)CC3)c(=O)[nH]c2c1. The fourth-order valence-electron chi connectivity index (χ4n) is 5.20. The number of H-pyrrole nitrogens is 1. The van der Waals surface area contributed by atoms with Crippen LogP contribution in [0.25, 0.3) is 10.9 Å². The molecule has 2 atom stereocenters. The summed E-state index contributed by atoms with van der Waals surface area (Å²) in [5.41, 5.74) is 3.81. The lowest BCUT2D eigenvalue weighted by atomic mass is 9.94. The third-order valence-corrected chi connectivity index (χ3v) is 7.02. The van der Waals surface area contributed by atoms with Crippen molar-refractivity contribution in [3.63, 3.8) is 0 Å². The monoisotopic (exact) mass is 436 g/mol. The van der Waals surface area contributed by atoms with Crippen molar-refractivity contribution in [2.45, 2.75) is 65.1 Å². The summed E-state index contributed by atoms with van der Waals surface area (Å²) in [4.78, 5) is 18.9. The molecule has 2 unspecified atom stereocenters. The molecule has 2 aliphatic rings. The van der Waals surface area contributed by atoms with Crippen LogP contribution in [0.3, 0.4) is 0 Å². The highest BCUT2D eigenvalue weighted by atomic mass is 16.5. The molecule has 8 nitrogen and oxygen atoms in total. The molecule has 2 aliphatic heterocycles. The number of benzene rings is 1. The minimum Gasteiger partial charge on any atom is -0.376 e. The molecule has 5 rings (SSSR count). The van der Waals surface area contributed by atoms with Gasteiger partial charge in [0.05, 0.1) is 12.6 Å². The highest BCUT2D eigenvalue weighted by Crippen LogP contribution is 2.32. The smallest absolute Gasteiger partial charge is 0.253 e. The van der Waals surface area contributed by atoms with Gasteiger partial charge in [0.1, 0.15) is 6.04 Å². The first-order chi connectivity index (χ1) is 15.5. The molecule has 1 N–H and O–H groups in total. The maximum atomic E-state index is 13.4. The Morgan fingerprint density at radius 3 is 2.75 bits per heavy atom. The van der Waals surface area contributed by atoms with Crippen LogP contribution < -0.4 is 5.56 Å². The topological polar surface area (TPSA) is 88.9 Å². The molecule has 3 aromatic rings. The van der Waals surface area contributed by atoms with E-state index in [1.807, 2.05) is 10.7 Å². The predicted molar refractivity (Wildman–Crippen MR) is 123 cm³/mol. The van der Waals surface area contributed by atoms with E-state index in [4.69, 9.17) is 4.74 Å². The molecule has 0 spiro atoms. The molecule has 8 heteroatoms. The molecule has 0 bridgehead atoms. The minimum absolute atomic E-state index is 0.0715. The number of tetrazole rings is 1. The molecule has 0 saturated carbocycles. The molecular weight excluding hydrogens is 404 g/mol. The van der Waals surface area contributed by atoms with Crippen LogP contribution in [0, 0.1) is 19.8 Å². The van der Waals surface area contributed by atoms with Crippen LogP contribution in [0.4, 0.5) is 0 Å². The fraction of sp³-hybridized carbons (Fsp3) is 0.583. The zero-order valence-corrected chi connectivity index (χ0v) is 19.2. The fourth-order valence-corrected chi connectivity index (χ4v) is 5.20. The molecule has 2 aromatic heterocycles. The van der Waals surface area contributed by atoms with E-state index in [1.165, 1.54) is 0 Å². The quantitative estimate of drug-likeness (QED) is 0.661. The summed E-state index contributed by atoms with van der Waals surface area (Å²) < 4.78 is 7.69. The summed E-state index contributed by atoms with van der Waals surface area (Å²) in [6.07, 6.45) is 4.42. The molecule has 4 heterocycles. The van der Waals surface area contributed by atoms with Gasteiger partial charge in [-0.25, -0.2) is 4.68 Å². The van der Waals surface area contributed by atoms with Crippen molar-refractivity contribution in [2.24, 2.45) is 5.92 Å². The third-order valence-electron chi connectivity index (χ3n) is 7.02. The second-order valence-electron chi connectivity index (χ2n) is 9.57. The van der Waals surface area contributed by atoms with Crippen molar-refractivity contribution in [2.75, 3.05) is 19.7 Å². The lowest BCUT2D eigenvalue weighted by molar-refractivity contribution is 0.0894. The van der Waals surface area contributed by atoms with Gasteiger partial charge in [-0.15, -0.1) is 5.10 Å². The highest BCUT2D eigenvalue weighted by Gasteiger charge is 2.33. The third kappa shape index (κ3) is 4.09. The van der Waals surface area contributed by atoms with Gasteiger partial charge >= 0.3 is 0 Å². The number of aromatic amines is 1. The lowest BCUT2D eigenvalue weighted by Crippen LogP contribution is -2.40. The molecule has 0 amide bonds. The second-order valence-corrected chi connectivity index (χ2v) is 9.57. The summed E-state index contributed by atoms with van der Waals surface area (Å²) in [7, 11) is 0. The zero-order chi connectivity index (χ0) is 22.2. The van der Waals surface area contributed by atoms with Gasteiger partial charge in [-0.2, -0.15) is 0 Å². The Labute approximate surface area is 188 Å². The zero-order valence-electron chi connectivity index (χ0n) is 19.2. The lowest BCUT2D eigenvalue weighted by Gasteiger charge is -2.36. The van der Waals surface area contributed by atoms with E-state index in [0.29, 0.717) is 18.0 Å². The highest BCUT2D eigenvalue weighted by molar-refractivity contribution is 5.83. The second kappa shape index (κ2) is 8.75. The van der Waals surface area contributed by atoms with E-state index >= 15 is 0 Å². The summed E-state index contributed by atoms with van der Waals surface area (Å²) >= 11 is 0. The van der Waals surface area contributed by atoms with E-state index < -0.39 is 0 Å². The molecule has 0 aliphatic carbocycles. The average molecular weight is 437 g/mol. The van der Waals surface area contributed by atoms with Gasteiger partial charge in [0.25, 0.3) is 5.56 Å². The number of nitrogens with one attached hydrogen (secondary N) is 1. The number of aromatic nitrogens is 5. The number of aryl methyl sites for hydroxylation is 2. The van der Waals surface area contributed by atoms with E-state index in [-0.39, 0.29) is 17.7 Å². The maximum Gasteiger partial charge on any atom is 0.253 e. The molecule has 32 heavy (non-hydrogen) atoms. The standard InChI is InChI=1S/C24H32N6O2/c1-15-6-8-29(9-7-15)22(23-26-27-28-30(23)14-18-5-4-10-32-18)20-13-19-17(3)11-16(2)12-21(19)25-24(20)31/h11-13,15,18,22H,4-10,14H2,1-3H3,(H,25,31). The summed E-state index contributed by atoms with van der Waals surface area (Å²) in [5.74, 6) is 1.42. The number of nitrogens with zero attached hydrogens (tertiary/aromatic N) is 5.